The molecule has 4 aliphatic rings. The van der Waals surface area contributed by atoms with Gasteiger partial charge in [0, 0.05) is 91.6 Å². The second-order valence-electron chi connectivity index (χ2n) is 20.2. The molecule has 2 atom stereocenters. The summed E-state index contributed by atoms with van der Waals surface area (Å²) in [5, 5.41) is 21.0. The van der Waals surface area contributed by atoms with Gasteiger partial charge in [-0.2, -0.15) is 0 Å². The van der Waals surface area contributed by atoms with Crippen LogP contribution in [0.5, 0.6) is 5.75 Å². The van der Waals surface area contributed by atoms with Crippen LogP contribution in [0.15, 0.2) is 90.4 Å². The van der Waals surface area contributed by atoms with Crippen LogP contribution in [-0.2, 0) is 30.5 Å². The van der Waals surface area contributed by atoms with Crippen molar-refractivity contribution in [2.45, 2.75) is 65.6 Å². The Labute approximate surface area is 419 Å². The van der Waals surface area contributed by atoms with E-state index in [0.717, 1.165) is 39.9 Å². The molecule has 0 saturated carbocycles. The van der Waals surface area contributed by atoms with Crippen molar-refractivity contribution in [2.75, 3.05) is 61.5 Å². The first-order valence-electron chi connectivity index (χ1n) is 23.8. The van der Waals surface area contributed by atoms with Gasteiger partial charge < -0.3 is 29.9 Å². The number of hydrogen-bond acceptors (Lipinski definition) is 13. The lowest BCUT2D eigenvalue weighted by atomic mass is 9.89. The minimum atomic E-state index is -1.33. The predicted molar refractivity (Wildman–Crippen MR) is 267 cm³/mol. The number of nitrogens with one attached hydrogen (secondary N) is 3. The number of thiazole rings is 1. The fourth-order valence-corrected chi connectivity index (χ4v) is 10.2. The molecule has 0 spiro atoms. The van der Waals surface area contributed by atoms with Gasteiger partial charge in [0.05, 0.1) is 24.3 Å². The highest BCUT2D eigenvalue weighted by molar-refractivity contribution is 7.13. The minimum Gasteiger partial charge on any atom is -0.508 e. The second-order valence-corrected chi connectivity index (χ2v) is 21.1. The third kappa shape index (κ3) is 10.3. The monoisotopic (exact) mass is 998 g/mol. The number of carbonyl (C=O) groups excluding carboxylic acids is 7. The van der Waals surface area contributed by atoms with E-state index in [1.165, 1.54) is 22.4 Å². The molecule has 5 aromatic rings. The highest BCUT2D eigenvalue weighted by atomic mass is 32.1. The molecular formula is C53H55FN8O9S. The van der Waals surface area contributed by atoms with E-state index in [1.54, 1.807) is 29.6 Å². The zero-order chi connectivity index (χ0) is 51.1. The van der Waals surface area contributed by atoms with Crippen molar-refractivity contribution >= 4 is 69.2 Å². The van der Waals surface area contributed by atoms with Gasteiger partial charge in [-0.1, -0.05) is 58.0 Å². The molecule has 9 rings (SSSR count). The number of rotatable bonds is 16. The van der Waals surface area contributed by atoms with E-state index in [-0.39, 0.29) is 47.7 Å². The molecule has 2 saturated heterocycles. The highest BCUT2D eigenvalue weighted by Crippen LogP contribution is 2.39. The third-order valence-corrected chi connectivity index (χ3v) is 14.2. The first-order chi connectivity index (χ1) is 34.4. The molecule has 7 amide bonds. The topological polar surface area (TPSA) is 211 Å². The number of phenols is 1. The van der Waals surface area contributed by atoms with Crippen molar-refractivity contribution in [3.05, 3.63) is 124 Å². The fraction of sp³-hybridized carbons (Fsp3) is 0.358. The third-order valence-electron chi connectivity index (χ3n) is 13.5. The Hall–Kier alpha value is -7.51. The van der Waals surface area contributed by atoms with E-state index in [2.05, 4.69) is 25.8 Å². The van der Waals surface area contributed by atoms with Gasteiger partial charge >= 0.3 is 0 Å². The standard InChI is InChI=1S/C53H55FN8O9S/c1-52(2,29-71-30-53(3,4)28-56-39-7-5-6-36-44(39)50(70)62(49(36)69)40-15-17-42(64)57-46(40)66)26-43(65)60-21-19-59(20-22-60)35-13-10-31(11-14-35)32-8-9-33-27-61(48(68)37(33)24-32)45(38-25-34(54)12-16-41(38)63)47(67)58-51-55-18-23-72-51/h5-14,16,18,23-25,40,45,56,63H,15,17,19-22,26-30H2,1-4H3,(H,55,58,67)(H,57,64,66). The number of anilines is 3. The maximum Gasteiger partial charge on any atom is 0.264 e. The number of piperazine rings is 1. The Bertz CT molecular complexity index is 2970. The number of halogens is 1. The predicted octanol–water partition coefficient (Wildman–Crippen LogP) is 6.61. The van der Waals surface area contributed by atoms with E-state index >= 15 is 0 Å². The van der Waals surface area contributed by atoms with Crippen molar-refractivity contribution in [3.8, 4) is 16.9 Å². The molecular weight excluding hydrogens is 944 g/mol. The van der Waals surface area contributed by atoms with Crippen LogP contribution in [0.2, 0.25) is 0 Å². The van der Waals surface area contributed by atoms with Crippen LogP contribution in [0.1, 0.15) is 95.2 Å². The van der Waals surface area contributed by atoms with Crippen molar-refractivity contribution in [2.24, 2.45) is 10.8 Å². The molecule has 2 unspecified atom stereocenters. The van der Waals surface area contributed by atoms with Crippen LogP contribution >= 0.6 is 11.3 Å². The molecule has 2 fully saturated rings. The fourth-order valence-electron chi connectivity index (χ4n) is 9.67. The average Bonchev–Trinajstić information content (AvgIpc) is 4.05. The van der Waals surface area contributed by atoms with Crippen LogP contribution < -0.4 is 20.9 Å². The molecule has 1 aromatic heterocycles. The van der Waals surface area contributed by atoms with Gasteiger partial charge in [0.2, 0.25) is 17.7 Å². The number of aromatic hydroxyl groups is 1. The lowest BCUT2D eigenvalue weighted by Gasteiger charge is -2.37. The normalized spacial score (nSPS) is 17.5. The molecule has 72 heavy (non-hydrogen) atoms. The van der Waals surface area contributed by atoms with Crippen molar-refractivity contribution < 1.29 is 47.8 Å². The number of hydrogen-bond donors (Lipinski definition) is 4. The summed E-state index contributed by atoms with van der Waals surface area (Å²) in [5.41, 5.74) is 3.71. The van der Waals surface area contributed by atoms with E-state index in [0.29, 0.717) is 74.3 Å². The molecule has 5 heterocycles. The quantitative estimate of drug-likeness (QED) is 0.0770. The van der Waals surface area contributed by atoms with E-state index in [1.807, 2.05) is 69.0 Å². The lowest BCUT2D eigenvalue weighted by molar-refractivity contribution is -0.136. The van der Waals surface area contributed by atoms with Gasteiger partial charge in [0.15, 0.2) is 5.13 Å². The maximum absolute atomic E-state index is 14.5. The molecule has 4 aliphatic heterocycles. The summed E-state index contributed by atoms with van der Waals surface area (Å²) in [4.78, 5) is 103. The smallest absolute Gasteiger partial charge is 0.264 e. The number of imide groups is 2. The van der Waals surface area contributed by atoms with Gasteiger partial charge in [-0.05, 0) is 77.1 Å². The van der Waals surface area contributed by atoms with Crippen molar-refractivity contribution in [1.82, 2.24) is 25.0 Å². The number of amides is 7. The molecule has 0 aliphatic carbocycles. The Kier molecular flexibility index (Phi) is 13.7. The van der Waals surface area contributed by atoms with E-state index < -0.39 is 64.2 Å². The number of fused-ring (bicyclic) bond motifs is 2. The number of phenolic OH excluding ortho intramolecular Hbond substituents is 1. The molecule has 0 radical (unpaired) electrons. The van der Waals surface area contributed by atoms with Gasteiger partial charge in [0.1, 0.15) is 23.7 Å². The average molecular weight is 999 g/mol. The van der Waals surface area contributed by atoms with Crippen LogP contribution in [0.3, 0.4) is 0 Å². The molecule has 19 heteroatoms. The summed E-state index contributed by atoms with van der Waals surface area (Å²) in [5.74, 6) is -4.24. The number of carbonyl (C=O) groups is 7. The van der Waals surface area contributed by atoms with E-state index in [4.69, 9.17) is 4.74 Å². The van der Waals surface area contributed by atoms with Crippen molar-refractivity contribution in [1.29, 1.82) is 0 Å². The Morgan fingerprint density at radius 3 is 2.33 bits per heavy atom. The first-order valence-corrected chi connectivity index (χ1v) is 24.7. The Morgan fingerprint density at radius 1 is 0.875 bits per heavy atom. The number of piperidine rings is 1. The molecule has 374 valence electrons. The SMILES string of the molecule is CC(C)(CNc1cccc2c1C(=O)N(C1CCC(=O)NC1=O)C2=O)COCC(C)(C)CC(=O)N1CCN(c2ccc(-c3ccc4c(c3)C(=O)N(C(C(=O)Nc3nccs3)c3cc(F)ccc3O)C4)cc2)CC1. The lowest BCUT2D eigenvalue weighted by Crippen LogP contribution is -2.54. The zero-order valence-corrected chi connectivity index (χ0v) is 41.1. The number of ether oxygens (including phenoxy) is 1. The molecule has 4 N–H and O–H groups in total. The highest BCUT2D eigenvalue weighted by Gasteiger charge is 2.46. The van der Waals surface area contributed by atoms with Gasteiger partial charge in [-0.3, -0.25) is 49.1 Å². The Balaban J connectivity index is 0.748. The summed E-state index contributed by atoms with van der Waals surface area (Å²) in [6, 6.07) is 19.4. The van der Waals surface area contributed by atoms with Crippen LogP contribution in [0.4, 0.5) is 20.9 Å². The Morgan fingerprint density at radius 2 is 1.61 bits per heavy atom. The van der Waals surface area contributed by atoms with Crippen LogP contribution in [0.25, 0.3) is 11.1 Å². The first kappa shape index (κ1) is 49.5. The number of nitrogens with zero attached hydrogens (tertiary/aromatic N) is 5. The number of aromatic nitrogens is 1. The summed E-state index contributed by atoms with van der Waals surface area (Å²) in [7, 11) is 0. The maximum atomic E-state index is 14.5. The summed E-state index contributed by atoms with van der Waals surface area (Å²) >= 11 is 1.19. The molecule has 17 nitrogen and oxygen atoms in total. The van der Waals surface area contributed by atoms with Crippen LogP contribution in [0, 0.1) is 16.6 Å². The largest absolute Gasteiger partial charge is 0.508 e. The summed E-state index contributed by atoms with van der Waals surface area (Å²) in [6.07, 6.45) is 1.94. The van der Waals surface area contributed by atoms with Crippen LogP contribution in [-0.4, -0.2) is 118 Å². The van der Waals surface area contributed by atoms with Gasteiger partial charge in [-0.15, -0.1) is 11.3 Å². The van der Waals surface area contributed by atoms with Gasteiger partial charge in [0.25, 0.3) is 23.6 Å². The van der Waals surface area contributed by atoms with Gasteiger partial charge in [-0.25, -0.2) is 9.37 Å². The molecule has 4 aromatic carbocycles. The number of benzene rings is 4. The van der Waals surface area contributed by atoms with Crippen molar-refractivity contribution in [3.63, 3.8) is 0 Å². The molecule has 0 bridgehead atoms. The minimum absolute atomic E-state index is 0.0387. The zero-order valence-electron chi connectivity index (χ0n) is 40.3. The summed E-state index contributed by atoms with van der Waals surface area (Å²) in [6.45, 7) is 11.6. The second kappa shape index (κ2) is 19.9. The summed E-state index contributed by atoms with van der Waals surface area (Å²) < 4.78 is 20.7. The van der Waals surface area contributed by atoms with E-state index in [9.17, 15) is 43.1 Å².